The van der Waals surface area contributed by atoms with E-state index >= 15 is 0 Å². The van der Waals surface area contributed by atoms with Gasteiger partial charge < -0.3 is 20.7 Å². The zero-order chi connectivity index (χ0) is 16.0. The number of halogens is 2. The zero-order valence-corrected chi connectivity index (χ0v) is 14.3. The van der Waals surface area contributed by atoms with E-state index < -0.39 is 0 Å². The summed E-state index contributed by atoms with van der Waals surface area (Å²) in [5.74, 6) is -0.237. The fraction of sp³-hybridized carbons (Fsp3) is 0.429. The van der Waals surface area contributed by atoms with Gasteiger partial charge in [-0.3, -0.25) is 9.59 Å². The Kier molecular flexibility index (Phi) is 8.86. The molecular weight excluding hydrogens is 329 g/mol. The van der Waals surface area contributed by atoms with Gasteiger partial charge in [0.15, 0.2) is 6.61 Å². The van der Waals surface area contributed by atoms with Crippen LogP contribution in [0.5, 0.6) is 5.75 Å². The number of nitrogens with one attached hydrogen (secondary N) is 1. The van der Waals surface area contributed by atoms with Gasteiger partial charge in [0.25, 0.3) is 5.91 Å². The maximum Gasteiger partial charge on any atom is 0.259 e. The molecule has 1 aromatic carbocycles. The maximum absolute atomic E-state index is 11.7. The van der Waals surface area contributed by atoms with Gasteiger partial charge in [0, 0.05) is 32.2 Å². The maximum atomic E-state index is 11.7. The number of hydrogen-bond donors (Lipinski definition) is 2. The van der Waals surface area contributed by atoms with Gasteiger partial charge >= 0.3 is 0 Å². The number of nitrogens with two attached hydrogens (primary N) is 1. The number of benzene rings is 1. The Morgan fingerprint density at radius 3 is 2.55 bits per heavy atom. The zero-order valence-electron chi connectivity index (χ0n) is 12.8. The molecule has 1 atom stereocenters. The van der Waals surface area contributed by atoms with Crippen LogP contribution in [0.3, 0.4) is 0 Å². The van der Waals surface area contributed by atoms with Crippen molar-refractivity contribution < 1.29 is 14.3 Å². The number of nitrogens with zero attached hydrogens (tertiary/aromatic N) is 1. The van der Waals surface area contributed by atoms with Crippen LogP contribution in [0, 0.1) is 5.92 Å². The molecule has 0 bridgehead atoms. The molecule has 8 heteroatoms. The lowest BCUT2D eigenvalue weighted by Crippen LogP contribution is -2.27. The third-order valence-electron chi connectivity index (χ3n) is 2.85. The first-order valence-corrected chi connectivity index (χ1v) is 6.86. The van der Waals surface area contributed by atoms with Crippen molar-refractivity contribution in [3.05, 3.63) is 23.2 Å². The molecule has 1 unspecified atom stereocenters. The molecule has 1 rings (SSSR count). The molecule has 0 aromatic heterocycles. The van der Waals surface area contributed by atoms with Crippen molar-refractivity contribution in [2.45, 2.75) is 6.92 Å². The van der Waals surface area contributed by atoms with E-state index in [1.54, 1.807) is 39.2 Å². The quantitative estimate of drug-likeness (QED) is 0.819. The Bertz CT molecular complexity index is 524. The van der Waals surface area contributed by atoms with E-state index in [1.807, 2.05) is 0 Å². The van der Waals surface area contributed by atoms with Gasteiger partial charge in [-0.15, -0.1) is 12.4 Å². The van der Waals surface area contributed by atoms with Crippen LogP contribution < -0.4 is 15.8 Å². The molecule has 0 aliphatic heterocycles. The van der Waals surface area contributed by atoms with Crippen LogP contribution in [-0.4, -0.2) is 44.0 Å². The minimum Gasteiger partial charge on any atom is -0.482 e. The van der Waals surface area contributed by atoms with Crippen LogP contribution in [0.1, 0.15) is 6.92 Å². The average molecular weight is 350 g/mol. The monoisotopic (exact) mass is 349 g/mol. The second-order valence-corrected chi connectivity index (χ2v) is 5.26. The Morgan fingerprint density at radius 2 is 2.05 bits per heavy atom. The van der Waals surface area contributed by atoms with Gasteiger partial charge in [-0.1, -0.05) is 18.5 Å². The first-order valence-electron chi connectivity index (χ1n) is 6.48. The highest BCUT2D eigenvalue weighted by Gasteiger charge is 2.12. The van der Waals surface area contributed by atoms with E-state index in [-0.39, 0.29) is 43.3 Å². The molecule has 0 saturated carbocycles. The van der Waals surface area contributed by atoms with Crippen molar-refractivity contribution in [1.82, 2.24) is 4.90 Å². The minimum atomic E-state index is -0.280. The van der Waals surface area contributed by atoms with Crippen LogP contribution >= 0.6 is 24.0 Å². The van der Waals surface area contributed by atoms with Gasteiger partial charge in [0.05, 0.1) is 5.02 Å². The molecule has 0 aliphatic carbocycles. The van der Waals surface area contributed by atoms with Crippen molar-refractivity contribution in [2.75, 3.05) is 32.6 Å². The number of anilines is 1. The number of carbonyl (C=O) groups excluding carboxylic acids is 2. The van der Waals surface area contributed by atoms with Crippen LogP contribution in [0.2, 0.25) is 5.02 Å². The summed E-state index contributed by atoms with van der Waals surface area (Å²) in [6, 6.07) is 4.83. The van der Waals surface area contributed by atoms with Gasteiger partial charge in [0.2, 0.25) is 5.91 Å². The lowest BCUT2D eigenvalue weighted by molar-refractivity contribution is -0.130. The molecule has 0 spiro atoms. The van der Waals surface area contributed by atoms with Crippen LogP contribution in [0.4, 0.5) is 5.69 Å². The predicted octanol–water partition coefficient (Wildman–Crippen LogP) is 1.76. The number of carbonyl (C=O) groups is 2. The lowest BCUT2D eigenvalue weighted by Gasteiger charge is -2.14. The molecule has 0 aliphatic rings. The molecule has 0 heterocycles. The van der Waals surface area contributed by atoms with Gasteiger partial charge in [-0.2, -0.15) is 0 Å². The SMILES string of the molecule is CC(CN)C(=O)Nc1ccc(OCC(=O)N(C)C)c(Cl)c1.Cl. The molecule has 1 aromatic rings. The van der Waals surface area contributed by atoms with Crippen molar-refractivity contribution in [1.29, 1.82) is 0 Å². The smallest absolute Gasteiger partial charge is 0.259 e. The number of amides is 2. The lowest BCUT2D eigenvalue weighted by atomic mass is 10.1. The first kappa shape index (κ1) is 20.5. The highest BCUT2D eigenvalue weighted by molar-refractivity contribution is 6.32. The van der Waals surface area contributed by atoms with Gasteiger partial charge in [-0.05, 0) is 18.2 Å². The second-order valence-electron chi connectivity index (χ2n) is 4.85. The Morgan fingerprint density at radius 1 is 1.41 bits per heavy atom. The summed E-state index contributed by atoms with van der Waals surface area (Å²) in [7, 11) is 3.29. The fourth-order valence-corrected chi connectivity index (χ4v) is 1.57. The van der Waals surface area contributed by atoms with Crippen LogP contribution in [-0.2, 0) is 9.59 Å². The predicted molar refractivity (Wildman–Crippen MR) is 89.7 cm³/mol. The highest BCUT2D eigenvalue weighted by atomic mass is 35.5. The minimum absolute atomic E-state index is 0. The fourth-order valence-electron chi connectivity index (χ4n) is 1.34. The summed E-state index contributed by atoms with van der Waals surface area (Å²) >= 11 is 6.06. The number of hydrogen-bond acceptors (Lipinski definition) is 4. The van der Waals surface area contributed by atoms with Gasteiger partial charge in [0.1, 0.15) is 5.75 Å². The van der Waals surface area contributed by atoms with E-state index in [9.17, 15) is 9.59 Å². The average Bonchev–Trinajstić information content (AvgIpc) is 2.44. The summed E-state index contributed by atoms with van der Waals surface area (Å²) in [4.78, 5) is 24.6. The normalized spacial score (nSPS) is 11.1. The van der Waals surface area contributed by atoms with Crippen LogP contribution in [0.25, 0.3) is 0 Å². The molecule has 124 valence electrons. The molecule has 6 nitrogen and oxygen atoms in total. The molecule has 22 heavy (non-hydrogen) atoms. The standard InChI is InChI=1S/C14H20ClN3O3.ClH/c1-9(7-16)14(20)17-10-4-5-12(11(15)6-10)21-8-13(19)18(2)3;/h4-6,9H,7-8,16H2,1-3H3,(H,17,20);1H. The third kappa shape index (κ3) is 6.09. The molecule has 3 N–H and O–H groups in total. The Balaban J connectivity index is 0.00000441. The van der Waals surface area contributed by atoms with E-state index in [0.717, 1.165) is 0 Å². The van der Waals surface area contributed by atoms with Crippen molar-refractivity contribution in [2.24, 2.45) is 11.7 Å². The molecule has 0 radical (unpaired) electrons. The number of rotatable bonds is 6. The first-order chi connectivity index (χ1) is 9.85. The van der Waals surface area contributed by atoms with Crippen molar-refractivity contribution >= 4 is 41.5 Å². The molecule has 0 saturated heterocycles. The van der Waals surface area contributed by atoms with E-state index in [1.165, 1.54) is 4.90 Å². The number of ether oxygens (including phenoxy) is 1. The molecule has 2 amide bonds. The second kappa shape index (κ2) is 9.50. The van der Waals surface area contributed by atoms with E-state index in [0.29, 0.717) is 16.5 Å². The third-order valence-corrected chi connectivity index (χ3v) is 3.15. The topological polar surface area (TPSA) is 84.7 Å². The summed E-state index contributed by atoms with van der Waals surface area (Å²) in [5.41, 5.74) is 5.98. The van der Waals surface area contributed by atoms with E-state index in [4.69, 9.17) is 22.1 Å². The summed E-state index contributed by atoms with van der Waals surface area (Å²) in [6.07, 6.45) is 0. The number of likely N-dealkylation sites (N-methyl/N-ethyl adjacent to an activating group) is 1. The van der Waals surface area contributed by atoms with Crippen LogP contribution in [0.15, 0.2) is 18.2 Å². The Labute approximate surface area is 141 Å². The summed E-state index contributed by atoms with van der Waals surface area (Å²) in [6.45, 7) is 1.91. The van der Waals surface area contributed by atoms with Gasteiger partial charge in [-0.25, -0.2) is 0 Å². The largest absolute Gasteiger partial charge is 0.482 e. The summed E-state index contributed by atoms with van der Waals surface area (Å²) in [5, 5.41) is 3.03. The van der Waals surface area contributed by atoms with Crippen molar-refractivity contribution in [3.8, 4) is 5.75 Å². The highest BCUT2D eigenvalue weighted by Crippen LogP contribution is 2.27. The molecular formula is C14H21Cl2N3O3. The summed E-state index contributed by atoms with van der Waals surface area (Å²) < 4.78 is 5.33. The van der Waals surface area contributed by atoms with E-state index in [2.05, 4.69) is 5.32 Å². The Hall–Kier alpha value is -1.50. The molecule has 0 fully saturated rings. The van der Waals surface area contributed by atoms with Crippen molar-refractivity contribution in [3.63, 3.8) is 0 Å².